The molecular formula is C13H20ClN3O2S. The molecule has 0 bridgehead atoms. The summed E-state index contributed by atoms with van der Waals surface area (Å²) < 4.78 is 26.0. The molecule has 0 unspecified atom stereocenters. The van der Waals surface area contributed by atoms with Gasteiger partial charge in [0.1, 0.15) is 0 Å². The molecule has 5 nitrogen and oxygen atoms in total. The third-order valence-corrected chi connectivity index (χ3v) is 4.67. The van der Waals surface area contributed by atoms with Crippen molar-refractivity contribution in [1.29, 1.82) is 5.26 Å². The second-order valence-corrected chi connectivity index (χ2v) is 7.31. The summed E-state index contributed by atoms with van der Waals surface area (Å²) >= 11 is 0. The molecule has 0 saturated carbocycles. The Labute approximate surface area is 126 Å². The first-order valence-electron chi connectivity index (χ1n) is 5.89. The van der Waals surface area contributed by atoms with E-state index in [1.165, 1.54) is 23.5 Å². The van der Waals surface area contributed by atoms with Gasteiger partial charge in [-0.15, -0.1) is 12.4 Å². The first-order chi connectivity index (χ1) is 8.73. The highest BCUT2D eigenvalue weighted by Crippen LogP contribution is 2.21. The minimum absolute atomic E-state index is 0. The van der Waals surface area contributed by atoms with E-state index in [9.17, 15) is 8.42 Å². The minimum Gasteiger partial charge on any atom is -0.330 e. The Balaban J connectivity index is 0.00000361. The molecule has 0 aliphatic rings. The Morgan fingerprint density at radius 3 is 2.50 bits per heavy atom. The molecule has 0 aromatic heterocycles. The smallest absolute Gasteiger partial charge is 0.242 e. The fourth-order valence-corrected chi connectivity index (χ4v) is 3.06. The van der Waals surface area contributed by atoms with Gasteiger partial charge < -0.3 is 5.73 Å². The predicted octanol–water partition coefficient (Wildman–Crippen LogP) is 1.59. The lowest BCUT2D eigenvalue weighted by atomic mass is 9.94. The first-order valence-corrected chi connectivity index (χ1v) is 7.33. The van der Waals surface area contributed by atoms with Gasteiger partial charge in [0.15, 0.2) is 0 Å². The fourth-order valence-electron chi connectivity index (χ4n) is 1.66. The number of nitrogens with zero attached hydrogens (tertiary/aromatic N) is 2. The van der Waals surface area contributed by atoms with Crippen LogP contribution in [0.4, 0.5) is 0 Å². The summed E-state index contributed by atoms with van der Waals surface area (Å²) in [5.41, 5.74) is 5.65. The van der Waals surface area contributed by atoms with Gasteiger partial charge in [0.05, 0.1) is 16.5 Å². The van der Waals surface area contributed by atoms with Crippen LogP contribution < -0.4 is 5.73 Å². The molecule has 0 radical (unpaired) electrons. The maximum atomic E-state index is 12.4. The van der Waals surface area contributed by atoms with Crippen molar-refractivity contribution < 1.29 is 8.42 Å². The number of hydrogen-bond acceptors (Lipinski definition) is 4. The van der Waals surface area contributed by atoms with Crippen molar-refractivity contribution in [2.75, 3.05) is 20.1 Å². The second-order valence-electron chi connectivity index (χ2n) is 5.27. The molecular weight excluding hydrogens is 298 g/mol. The number of rotatable bonds is 5. The van der Waals surface area contributed by atoms with Crippen LogP contribution in [0.25, 0.3) is 0 Å². The molecule has 20 heavy (non-hydrogen) atoms. The van der Waals surface area contributed by atoms with Gasteiger partial charge in [-0.2, -0.15) is 5.26 Å². The number of sulfonamides is 1. The van der Waals surface area contributed by atoms with Crippen molar-refractivity contribution in [2.24, 2.45) is 11.1 Å². The van der Waals surface area contributed by atoms with Crippen LogP contribution in [0.2, 0.25) is 0 Å². The molecule has 0 heterocycles. The standard InChI is InChI=1S/C13H19N3O2S.ClH/c1-13(2,9-15)10-16(3)19(17,18)12-6-4-5-11(7-12)8-14;/h4-7H,9-10,15H2,1-3H3;1H. The molecule has 0 aliphatic heterocycles. The maximum absolute atomic E-state index is 12.4. The molecule has 2 N–H and O–H groups in total. The van der Waals surface area contributed by atoms with Crippen LogP contribution in [0, 0.1) is 16.7 Å². The molecule has 0 saturated heterocycles. The maximum Gasteiger partial charge on any atom is 0.242 e. The summed E-state index contributed by atoms with van der Waals surface area (Å²) in [7, 11) is -2.07. The molecule has 0 atom stereocenters. The topological polar surface area (TPSA) is 87.2 Å². The van der Waals surface area contributed by atoms with Gasteiger partial charge >= 0.3 is 0 Å². The van der Waals surface area contributed by atoms with Crippen LogP contribution in [-0.4, -0.2) is 32.9 Å². The zero-order chi connectivity index (χ0) is 14.7. The summed E-state index contributed by atoms with van der Waals surface area (Å²) in [6.07, 6.45) is 0. The second kappa shape index (κ2) is 7.04. The largest absolute Gasteiger partial charge is 0.330 e. The highest BCUT2D eigenvalue weighted by Gasteiger charge is 2.27. The zero-order valence-corrected chi connectivity index (χ0v) is 13.5. The van der Waals surface area contributed by atoms with Gasteiger partial charge in [-0.3, -0.25) is 0 Å². The van der Waals surface area contributed by atoms with Crippen molar-refractivity contribution in [2.45, 2.75) is 18.7 Å². The van der Waals surface area contributed by atoms with Crippen LogP contribution >= 0.6 is 12.4 Å². The van der Waals surface area contributed by atoms with Crippen molar-refractivity contribution in [3.63, 3.8) is 0 Å². The summed E-state index contributed by atoms with van der Waals surface area (Å²) in [4.78, 5) is 0.127. The molecule has 0 amide bonds. The van der Waals surface area contributed by atoms with Gasteiger partial charge in [0.25, 0.3) is 0 Å². The van der Waals surface area contributed by atoms with Gasteiger partial charge in [-0.05, 0) is 30.2 Å². The third-order valence-electron chi connectivity index (χ3n) is 2.87. The van der Waals surface area contributed by atoms with Crippen molar-refractivity contribution >= 4 is 22.4 Å². The van der Waals surface area contributed by atoms with E-state index in [0.717, 1.165) is 0 Å². The Bertz CT molecular complexity index is 594. The first kappa shape index (κ1) is 18.9. The molecule has 1 aromatic rings. The molecule has 0 fully saturated rings. The summed E-state index contributed by atoms with van der Waals surface area (Å²) in [5, 5.41) is 8.82. The molecule has 0 spiro atoms. The molecule has 1 aromatic carbocycles. The Hall–Kier alpha value is -1.13. The van der Waals surface area contributed by atoms with Crippen LogP contribution in [-0.2, 0) is 10.0 Å². The van der Waals surface area contributed by atoms with E-state index in [4.69, 9.17) is 11.0 Å². The lowest BCUT2D eigenvalue weighted by molar-refractivity contribution is 0.292. The van der Waals surface area contributed by atoms with Gasteiger partial charge in [0.2, 0.25) is 10.0 Å². The van der Waals surface area contributed by atoms with Gasteiger partial charge in [0, 0.05) is 13.6 Å². The molecule has 0 aliphatic carbocycles. The van der Waals surface area contributed by atoms with Crippen molar-refractivity contribution in [3.05, 3.63) is 29.8 Å². The van der Waals surface area contributed by atoms with Crippen molar-refractivity contribution in [1.82, 2.24) is 4.31 Å². The monoisotopic (exact) mass is 317 g/mol. The van der Waals surface area contributed by atoms with E-state index in [1.54, 1.807) is 12.1 Å². The number of hydrogen-bond donors (Lipinski definition) is 1. The van der Waals surface area contributed by atoms with Crippen molar-refractivity contribution in [3.8, 4) is 6.07 Å². The van der Waals surface area contributed by atoms with Gasteiger partial charge in [-0.1, -0.05) is 19.9 Å². The minimum atomic E-state index is -3.59. The number of benzene rings is 1. The van der Waals surface area contributed by atoms with E-state index in [-0.39, 0.29) is 22.7 Å². The summed E-state index contributed by atoms with van der Waals surface area (Å²) in [6, 6.07) is 7.93. The van der Waals surface area contributed by atoms with Crippen LogP contribution in [0.5, 0.6) is 0 Å². The Kier molecular flexibility index (Phi) is 6.65. The Morgan fingerprint density at radius 1 is 1.40 bits per heavy atom. The van der Waals surface area contributed by atoms with E-state index in [1.807, 2.05) is 19.9 Å². The molecule has 112 valence electrons. The number of nitriles is 1. The highest BCUT2D eigenvalue weighted by molar-refractivity contribution is 7.89. The van der Waals surface area contributed by atoms with E-state index in [0.29, 0.717) is 18.7 Å². The van der Waals surface area contributed by atoms with Crippen LogP contribution in [0.3, 0.4) is 0 Å². The summed E-state index contributed by atoms with van der Waals surface area (Å²) in [6.45, 7) is 4.53. The molecule has 7 heteroatoms. The SMILES string of the molecule is CN(CC(C)(C)CN)S(=O)(=O)c1cccc(C#N)c1.Cl. The normalized spacial score (nSPS) is 11.8. The highest BCUT2D eigenvalue weighted by atomic mass is 35.5. The zero-order valence-electron chi connectivity index (χ0n) is 11.8. The van der Waals surface area contributed by atoms with Crippen LogP contribution in [0.1, 0.15) is 19.4 Å². The lowest BCUT2D eigenvalue weighted by Crippen LogP contribution is -2.39. The quantitative estimate of drug-likeness (QED) is 0.893. The summed E-state index contributed by atoms with van der Waals surface area (Å²) in [5.74, 6) is 0. The van der Waals surface area contributed by atoms with E-state index < -0.39 is 10.0 Å². The van der Waals surface area contributed by atoms with Gasteiger partial charge in [-0.25, -0.2) is 12.7 Å². The average Bonchev–Trinajstić information content (AvgIpc) is 2.38. The number of nitrogens with two attached hydrogens (primary N) is 1. The molecule has 1 rings (SSSR count). The Morgan fingerprint density at radius 2 is 2.00 bits per heavy atom. The number of halogens is 1. The lowest BCUT2D eigenvalue weighted by Gasteiger charge is -2.28. The van der Waals surface area contributed by atoms with E-state index in [2.05, 4.69) is 0 Å². The fraction of sp³-hybridized carbons (Fsp3) is 0.462. The van der Waals surface area contributed by atoms with E-state index >= 15 is 0 Å². The third kappa shape index (κ3) is 4.46. The average molecular weight is 318 g/mol. The van der Waals surface area contributed by atoms with Crippen LogP contribution in [0.15, 0.2) is 29.2 Å². The predicted molar refractivity (Wildman–Crippen MR) is 81.1 cm³/mol.